The number of aliphatic hydroxyl groups is 1. The summed E-state index contributed by atoms with van der Waals surface area (Å²) in [6, 6.07) is 1.75. The predicted octanol–water partition coefficient (Wildman–Crippen LogP) is 1.87. The van der Waals surface area contributed by atoms with Crippen LogP contribution >= 0.6 is 11.6 Å². The third-order valence-corrected chi connectivity index (χ3v) is 1.68. The molecule has 1 aromatic rings. The summed E-state index contributed by atoms with van der Waals surface area (Å²) >= 11 is 5.65. The molecule has 58 valence electrons. The SMILES string of the molecule is C=Cc1cnc(Cl)c(CO)c1. The van der Waals surface area contributed by atoms with E-state index in [1.807, 2.05) is 0 Å². The number of pyridine rings is 1. The van der Waals surface area contributed by atoms with E-state index in [1.54, 1.807) is 18.3 Å². The van der Waals surface area contributed by atoms with E-state index in [4.69, 9.17) is 16.7 Å². The molecule has 0 fully saturated rings. The summed E-state index contributed by atoms with van der Waals surface area (Å²) < 4.78 is 0. The van der Waals surface area contributed by atoms with Gasteiger partial charge in [-0.2, -0.15) is 0 Å². The van der Waals surface area contributed by atoms with Crippen molar-refractivity contribution in [1.29, 1.82) is 0 Å². The first-order valence-electron chi connectivity index (χ1n) is 3.15. The van der Waals surface area contributed by atoms with Gasteiger partial charge in [0.15, 0.2) is 0 Å². The van der Waals surface area contributed by atoms with E-state index in [1.165, 1.54) is 0 Å². The van der Waals surface area contributed by atoms with E-state index >= 15 is 0 Å². The zero-order valence-corrected chi connectivity index (χ0v) is 6.67. The van der Waals surface area contributed by atoms with Gasteiger partial charge < -0.3 is 5.11 Å². The molecule has 0 amide bonds. The fourth-order valence-electron chi connectivity index (χ4n) is 0.735. The van der Waals surface area contributed by atoms with Crippen LogP contribution in [0, 0.1) is 0 Å². The van der Waals surface area contributed by atoms with Crippen LogP contribution in [0.5, 0.6) is 0 Å². The Morgan fingerprint density at radius 2 is 2.45 bits per heavy atom. The molecule has 0 atom stereocenters. The molecule has 1 aromatic heterocycles. The molecule has 3 heteroatoms. The van der Waals surface area contributed by atoms with Crippen molar-refractivity contribution in [1.82, 2.24) is 4.98 Å². The Balaban J connectivity index is 3.12. The van der Waals surface area contributed by atoms with E-state index in [0.29, 0.717) is 10.7 Å². The van der Waals surface area contributed by atoms with E-state index in [0.717, 1.165) is 5.56 Å². The molecule has 1 heterocycles. The highest BCUT2D eigenvalue weighted by molar-refractivity contribution is 6.30. The summed E-state index contributed by atoms with van der Waals surface area (Å²) in [6.07, 6.45) is 3.26. The van der Waals surface area contributed by atoms with Gasteiger partial charge in [-0.1, -0.05) is 24.3 Å². The summed E-state index contributed by atoms with van der Waals surface area (Å²) in [4.78, 5) is 3.85. The average molecular weight is 170 g/mol. The Hall–Kier alpha value is -0.860. The van der Waals surface area contributed by atoms with Crippen LogP contribution in [0.3, 0.4) is 0 Å². The minimum atomic E-state index is -0.0898. The van der Waals surface area contributed by atoms with Gasteiger partial charge in [0.25, 0.3) is 0 Å². The predicted molar refractivity (Wildman–Crippen MR) is 45.3 cm³/mol. The lowest BCUT2D eigenvalue weighted by molar-refractivity contribution is 0.281. The zero-order valence-electron chi connectivity index (χ0n) is 5.92. The van der Waals surface area contributed by atoms with Crippen LogP contribution in [-0.2, 0) is 6.61 Å². The normalized spacial score (nSPS) is 9.64. The third kappa shape index (κ3) is 1.79. The van der Waals surface area contributed by atoms with E-state index in [2.05, 4.69) is 11.6 Å². The monoisotopic (exact) mass is 169 g/mol. The Morgan fingerprint density at radius 3 is 3.00 bits per heavy atom. The highest BCUT2D eigenvalue weighted by Gasteiger charge is 1.99. The zero-order chi connectivity index (χ0) is 8.27. The molecular weight excluding hydrogens is 162 g/mol. The molecule has 0 bridgehead atoms. The second-order valence-corrected chi connectivity index (χ2v) is 2.44. The minimum Gasteiger partial charge on any atom is -0.392 e. The van der Waals surface area contributed by atoms with Gasteiger partial charge in [-0.05, 0) is 11.6 Å². The van der Waals surface area contributed by atoms with Crippen LogP contribution < -0.4 is 0 Å². The fourth-order valence-corrected chi connectivity index (χ4v) is 0.898. The molecule has 0 radical (unpaired) electrons. The smallest absolute Gasteiger partial charge is 0.134 e. The van der Waals surface area contributed by atoms with Gasteiger partial charge in [0.05, 0.1) is 6.61 Å². The van der Waals surface area contributed by atoms with Crippen LogP contribution in [0.15, 0.2) is 18.8 Å². The minimum absolute atomic E-state index is 0.0898. The quantitative estimate of drug-likeness (QED) is 0.686. The van der Waals surface area contributed by atoms with E-state index < -0.39 is 0 Å². The van der Waals surface area contributed by atoms with Crippen molar-refractivity contribution in [3.8, 4) is 0 Å². The van der Waals surface area contributed by atoms with Crippen molar-refractivity contribution in [2.75, 3.05) is 0 Å². The average Bonchev–Trinajstić information content (AvgIpc) is 2.05. The number of halogens is 1. The highest BCUT2D eigenvalue weighted by Crippen LogP contribution is 2.14. The number of hydrogen-bond donors (Lipinski definition) is 1. The van der Waals surface area contributed by atoms with Crippen LogP contribution in [0.25, 0.3) is 6.08 Å². The van der Waals surface area contributed by atoms with Crippen LogP contribution in [0.4, 0.5) is 0 Å². The number of aliphatic hydroxyl groups excluding tert-OH is 1. The molecule has 0 aliphatic carbocycles. The van der Waals surface area contributed by atoms with E-state index in [9.17, 15) is 0 Å². The number of nitrogens with zero attached hydrogens (tertiary/aromatic N) is 1. The van der Waals surface area contributed by atoms with Gasteiger partial charge in [-0.3, -0.25) is 0 Å². The number of aromatic nitrogens is 1. The number of hydrogen-bond acceptors (Lipinski definition) is 2. The molecular formula is C8H8ClNO. The van der Waals surface area contributed by atoms with Crippen molar-refractivity contribution in [2.45, 2.75) is 6.61 Å². The molecule has 11 heavy (non-hydrogen) atoms. The summed E-state index contributed by atoms with van der Waals surface area (Å²) in [7, 11) is 0. The summed E-state index contributed by atoms with van der Waals surface area (Å²) in [5, 5.41) is 9.13. The third-order valence-electron chi connectivity index (χ3n) is 1.34. The Bertz CT molecular complexity index is 273. The lowest BCUT2D eigenvalue weighted by Gasteiger charge is -1.99. The molecule has 2 nitrogen and oxygen atoms in total. The van der Waals surface area contributed by atoms with E-state index in [-0.39, 0.29) is 6.61 Å². The Labute approximate surface area is 70.2 Å². The van der Waals surface area contributed by atoms with Crippen molar-refractivity contribution in [2.24, 2.45) is 0 Å². The van der Waals surface area contributed by atoms with Gasteiger partial charge in [-0.15, -0.1) is 0 Å². The first-order chi connectivity index (χ1) is 5.27. The molecule has 0 unspecified atom stereocenters. The maximum absolute atomic E-state index is 8.78. The van der Waals surface area contributed by atoms with Gasteiger partial charge in [0, 0.05) is 11.8 Å². The first-order valence-corrected chi connectivity index (χ1v) is 3.53. The maximum atomic E-state index is 8.78. The largest absolute Gasteiger partial charge is 0.392 e. The topological polar surface area (TPSA) is 33.1 Å². The Morgan fingerprint density at radius 1 is 1.73 bits per heavy atom. The standard InChI is InChI=1S/C8H8ClNO/c1-2-6-3-7(5-11)8(9)10-4-6/h2-4,11H,1,5H2. The fraction of sp³-hybridized carbons (Fsp3) is 0.125. The second-order valence-electron chi connectivity index (χ2n) is 2.08. The molecule has 0 saturated heterocycles. The van der Waals surface area contributed by atoms with Gasteiger partial charge >= 0.3 is 0 Å². The highest BCUT2D eigenvalue weighted by atomic mass is 35.5. The van der Waals surface area contributed by atoms with Crippen LogP contribution in [0.2, 0.25) is 5.15 Å². The molecule has 0 aliphatic heterocycles. The Kier molecular flexibility index (Phi) is 2.63. The van der Waals surface area contributed by atoms with Crippen molar-refractivity contribution < 1.29 is 5.11 Å². The molecule has 1 rings (SSSR count). The van der Waals surface area contributed by atoms with Crippen LogP contribution in [-0.4, -0.2) is 10.1 Å². The van der Waals surface area contributed by atoms with Crippen molar-refractivity contribution in [3.63, 3.8) is 0 Å². The summed E-state index contributed by atoms with van der Waals surface area (Å²) in [6.45, 7) is 3.48. The summed E-state index contributed by atoms with van der Waals surface area (Å²) in [5.41, 5.74) is 1.49. The molecule has 0 saturated carbocycles. The molecule has 0 aromatic carbocycles. The summed E-state index contributed by atoms with van der Waals surface area (Å²) in [5.74, 6) is 0. The lowest BCUT2D eigenvalue weighted by Crippen LogP contribution is -1.88. The molecule has 1 N–H and O–H groups in total. The van der Waals surface area contributed by atoms with Gasteiger partial charge in [0.2, 0.25) is 0 Å². The van der Waals surface area contributed by atoms with Crippen molar-refractivity contribution in [3.05, 3.63) is 35.1 Å². The number of rotatable bonds is 2. The van der Waals surface area contributed by atoms with Crippen LogP contribution in [0.1, 0.15) is 11.1 Å². The van der Waals surface area contributed by atoms with Gasteiger partial charge in [0.1, 0.15) is 5.15 Å². The lowest BCUT2D eigenvalue weighted by atomic mass is 10.2. The molecule has 0 spiro atoms. The molecule has 0 aliphatic rings. The van der Waals surface area contributed by atoms with Crippen molar-refractivity contribution >= 4 is 17.7 Å². The first kappa shape index (κ1) is 8.24. The maximum Gasteiger partial charge on any atom is 0.134 e. The van der Waals surface area contributed by atoms with Gasteiger partial charge in [-0.25, -0.2) is 4.98 Å². The second kappa shape index (κ2) is 3.51.